The molecule has 0 aromatic heterocycles. The molecule has 0 radical (unpaired) electrons. The Bertz CT molecular complexity index is 180. The van der Waals surface area contributed by atoms with E-state index in [1.54, 1.807) is 12.1 Å². The summed E-state index contributed by atoms with van der Waals surface area (Å²) in [6, 6.07) is 10.1. The van der Waals surface area contributed by atoms with Crippen molar-refractivity contribution in [1.29, 1.82) is 0 Å². The van der Waals surface area contributed by atoms with E-state index in [0.717, 1.165) is 0 Å². The van der Waals surface area contributed by atoms with Gasteiger partial charge in [-0.1, -0.05) is 0 Å². The molecule has 0 spiro atoms. The monoisotopic (exact) mass is 150 g/mol. The van der Waals surface area contributed by atoms with Gasteiger partial charge < -0.3 is 9.84 Å². The average molecular weight is 150 g/mol. The zero-order valence-corrected chi connectivity index (χ0v) is 7.54. The van der Waals surface area contributed by atoms with Crippen LogP contribution in [0.4, 0.5) is 0 Å². The molecule has 0 fully saturated rings. The molecule has 0 unspecified atom stereocenters. The minimum atomic E-state index is -0.206. The SMILES string of the molecule is [Li+].[Li+].[O-]CCOc1[c-]cccc1. The van der Waals surface area contributed by atoms with Gasteiger partial charge in [-0.15, -0.1) is 18.7 Å². The van der Waals surface area contributed by atoms with Crippen LogP contribution in [0.1, 0.15) is 0 Å². The first-order valence-electron chi connectivity index (χ1n) is 3.11. The molecular weight excluding hydrogens is 142 g/mol. The number of hydrogen-bond donors (Lipinski definition) is 0. The Morgan fingerprint density at radius 3 is 2.58 bits per heavy atom. The van der Waals surface area contributed by atoms with Gasteiger partial charge >= 0.3 is 37.7 Å². The third-order valence-electron chi connectivity index (χ3n) is 1.02. The van der Waals surface area contributed by atoms with E-state index in [-0.39, 0.29) is 50.9 Å². The second-order valence-corrected chi connectivity index (χ2v) is 1.78. The van der Waals surface area contributed by atoms with Crippen LogP contribution in [0, 0.1) is 6.07 Å². The van der Waals surface area contributed by atoms with Gasteiger partial charge in [-0.25, -0.2) is 0 Å². The van der Waals surface area contributed by atoms with Crippen LogP contribution in [0.3, 0.4) is 0 Å². The molecule has 2 nitrogen and oxygen atoms in total. The fourth-order valence-corrected chi connectivity index (χ4v) is 0.618. The molecule has 0 saturated heterocycles. The number of para-hydroxylation sites is 1. The van der Waals surface area contributed by atoms with Crippen molar-refractivity contribution in [3.8, 4) is 5.75 Å². The van der Waals surface area contributed by atoms with Gasteiger partial charge in [0.1, 0.15) is 0 Å². The first kappa shape index (κ1) is 14.7. The van der Waals surface area contributed by atoms with Crippen LogP contribution in [0.25, 0.3) is 0 Å². The van der Waals surface area contributed by atoms with E-state index in [1.807, 2.05) is 12.1 Å². The van der Waals surface area contributed by atoms with Crippen LogP contribution in [0.5, 0.6) is 5.75 Å². The van der Waals surface area contributed by atoms with E-state index in [2.05, 4.69) is 6.07 Å². The molecular formula is C8H8Li2O2. The summed E-state index contributed by atoms with van der Waals surface area (Å²) in [6.07, 6.45) is 0. The van der Waals surface area contributed by atoms with Crippen molar-refractivity contribution in [2.45, 2.75) is 0 Å². The van der Waals surface area contributed by atoms with Gasteiger partial charge in [0.25, 0.3) is 0 Å². The van der Waals surface area contributed by atoms with Gasteiger partial charge in [0.05, 0.1) is 6.61 Å². The third-order valence-corrected chi connectivity index (χ3v) is 1.02. The van der Waals surface area contributed by atoms with Crippen molar-refractivity contribution in [1.82, 2.24) is 0 Å². The smallest absolute Gasteiger partial charge is 0.852 e. The minimum Gasteiger partial charge on any atom is -0.852 e. The molecule has 0 atom stereocenters. The summed E-state index contributed by atoms with van der Waals surface area (Å²) in [5, 5.41) is 9.96. The molecule has 0 bridgehead atoms. The van der Waals surface area contributed by atoms with E-state index in [4.69, 9.17) is 4.74 Å². The molecule has 0 aliphatic heterocycles. The van der Waals surface area contributed by atoms with Gasteiger partial charge in [0.2, 0.25) is 0 Å². The van der Waals surface area contributed by atoms with E-state index in [1.165, 1.54) is 0 Å². The number of ether oxygens (including phenoxy) is 1. The van der Waals surface area contributed by atoms with Crippen molar-refractivity contribution >= 4 is 0 Å². The number of hydrogen-bond acceptors (Lipinski definition) is 2. The molecule has 1 rings (SSSR count). The molecule has 0 N–H and O–H groups in total. The zero-order chi connectivity index (χ0) is 7.23. The Kier molecular flexibility index (Phi) is 11.3. The zero-order valence-electron chi connectivity index (χ0n) is 7.54. The maximum atomic E-state index is 9.96. The summed E-state index contributed by atoms with van der Waals surface area (Å²) >= 11 is 0. The Balaban J connectivity index is 0. The summed E-state index contributed by atoms with van der Waals surface area (Å²) in [6.45, 7) is 0.0171. The van der Waals surface area contributed by atoms with E-state index in [0.29, 0.717) is 5.75 Å². The molecule has 12 heavy (non-hydrogen) atoms. The Morgan fingerprint density at radius 1 is 1.33 bits per heavy atom. The summed E-state index contributed by atoms with van der Waals surface area (Å²) in [4.78, 5) is 0. The maximum absolute atomic E-state index is 9.96. The van der Waals surface area contributed by atoms with E-state index in [9.17, 15) is 5.11 Å². The van der Waals surface area contributed by atoms with Crippen molar-refractivity contribution in [3.05, 3.63) is 30.3 Å². The van der Waals surface area contributed by atoms with E-state index < -0.39 is 0 Å². The molecule has 1 aromatic rings. The summed E-state index contributed by atoms with van der Waals surface area (Å²) in [5.74, 6) is 0.637. The van der Waals surface area contributed by atoms with Crippen molar-refractivity contribution in [3.63, 3.8) is 0 Å². The Labute approximate surface area is 96.7 Å². The second-order valence-electron chi connectivity index (χ2n) is 1.78. The normalized spacial score (nSPS) is 7.75. The van der Waals surface area contributed by atoms with Crippen LogP contribution >= 0.6 is 0 Å². The number of rotatable bonds is 3. The summed E-state index contributed by atoms with van der Waals surface area (Å²) in [7, 11) is 0. The predicted molar refractivity (Wildman–Crippen MR) is 35.6 cm³/mol. The molecule has 0 aliphatic rings. The van der Waals surface area contributed by atoms with E-state index >= 15 is 0 Å². The standard InChI is InChI=1S/C8H8O2.2Li/c9-6-7-10-8-4-2-1-3-5-8;;/h1-4H,6-7H2;;/q-2;2*+1. The Hall–Kier alpha value is 0.175. The van der Waals surface area contributed by atoms with Gasteiger partial charge in [0.15, 0.2) is 0 Å². The molecule has 4 heteroatoms. The first-order chi connectivity index (χ1) is 4.93. The van der Waals surface area contributed by atoms with Gasteiger partial charge in [-0.2, -0.15) is 18.2 Å². The third kappa shape index (κ3) is 5.78. The summed E-state index contributed by atoms with van der Waals surface area (Å²) in [5.41, 5.74) is 0. The molecule has 54 valence electrons. The predicted octanol–water partition coefficient (Wildman–Crippen LogP) is -5.77. The average Bonchev–Trinajstić information content (AvgIpc) is 2.03. The van der Waals surface area contributed by atoms with Crippen LogP contribution in [-0.4, -0.2) is 13.2 Å². The van der Waals surface area contributed by atoms with Crippen molar-refractivity contribution < 1.29 is 47.6 Å². The molecule has 0 aliphatic carbocycles. The fourth-order valence-electron chi connectivity index (χ4n) is 0.618. The second kappa shape index (κ2) is 9.26. The van der Waals surface area contributed by atoms with Crippen LogP contribution in [-0.2, 0) is 0 Å². The Morgan fingerprint density at radius 2 is 2.08 bits per heavy atom. The molecule has 1 aromatic carbocycles. The minimum absolute atomic E-state index is 0. The van der Waals surface area contributed by atoms with Crippen molar-refractivity contribution in [2.24, 2.45) is 0 Å². The molecule has 0 heterocycles. The van der Waals surface area contributed by atoms with Crippen LogP contribution in [0.2, 0.25) is 0 Å². The molecule has 0 saturated carbocycles. The summed E-state index contributed by atoms with van der Waals surface area (Å²) < 4.78 is 4.99. The van der Waals surface area contributed by atoms with Crippen LogP contribution < -0.4 is 47.6 Å². The van der Waals surface area contributed by atoms with Crippen LogP contribution in [0.15, 0.2) is 24.3 Å². The largest absolute Gasteiger partial charge is 1.00 e. The topological polar surface area (TPSA) is 32.3 Å². The van der Waals surface area contributed by atoms with Gasteiger partial charge in [0, 0.05) is 5.75 Å². The maximum Gasteiger partial charge on any atom is 1.00 e. The number of benzene rings is 1. The van der Waals surface area contributed by atoms with Gasteiger partial charge in [-0.05, 0) is 0 Å². The quantitative estimate of drug-likeness (QED) is 0.317. The first-order valence-corrected chi connectivity index (χ1v) is 3.11. The van der Waals surface area contributed by atoms with Gasteiger partial charge in [-0.3, -0.25) is 0 Å². The fraction of sp³-hybridized carbons (Fsp3) is 0.250. The van der Waals surface area contributed by atoms with Crippen molar-refractivity contribution in [2.75, 3.05) is 13.2 Å². The molecule has 0 amide bonds.